The van der Waals surface area contributed by atoms with Crippen LogP contribution in [0, 0.1) is 0 Å². The average Bonchev–Trinajstić information content (AvgIpc) is 3.27. The van der Waals surface area contributed by atoms with Crippen LogP contribution in [0.2, 0.25) is 0 Å². The Morgan fingerprint density at radius 1 is 1.06 bits per heavy atom. The molecule has 2 unspecified atom stereocenters. The Bertz CT molecular complexity index is 1160. The predicted molar refractivity (Wildman–Crippen MR) is 141 cm³/mol. The van der Waals surface area contributed by atoms with Gasteiger partial charge in [-0.25, -0.2) is 13.2 Å². The number of amides is 1. The summed E-state index contributed by atoms with van der Waals surface area (Å²) in [5.74, 6) is -1.22. The van der Waals surface area contributed by atoms with Gasteiger partial charge in [0.15, 0.2) is 5.78 Å². The number of nitrogens with one attached hydrogen (secondary N) is 2. The van der Waals surface area contributed by atoms with Gasteiger partial charge in [0.2, 0.25) is 15.9 Å². The van der Waals surface area contributed by atoms with E-state index in [0.717, 1.165) is 5.56 Å². The minimum Gasteiger partial charge on any atom is -0.462 e. The van der Waals surface area contributed by atoms with Gasteiger partial charge in [-0.1, -0.05) is 30.3 Å². The van der Waals surface area contributed by atoms with Crippen LogP contribution in [0.15, 0.2) is 54.6 Å². The summed E-state index contributed by atoms with van der Waals surface area (Å²) in [6.45, 7) is 1.89. The molecule has 0 spiro atoms. The molecule has 11 heteroatoms. The highest BCUT2D eigenvalue weighted by Gasteiger charge is 2.41. The van der Waals surface area contributed by atoms with Gasteiger partial charge in [0, 0.05) is 17.5 Å². The van der Waals surface area contributed by atoms with Crippen molar-refractivity contribution in [2.75, 3.05) is 37.3 Å². The second kappa shape index (κ2) is 13.0. The number of benzene rings is 2. The molecule has 2 atom stereocenters. The second-order valence-electron chi connectivity index (χ2n) is 8.44. The Morgan fingerprint density at radius 3 is 2.42 bits per heavy atom. The fourth-order valence-electron chi connectivity index (χ4n) is 3.92. The molecule has 0 saturated carbocycles. The number of anilines is 1. The average molecular weight is 534 g/mol. The smallest absolute Gasteiger partial charge is 0.338 e. The molecule has 3 rings (SSSR count). The molecule has 0 aliphatic carbocycles. The zero-order chi connectivity index (χ0) is 26.1. The van der Waals surface area contributed by atoms with Gasteiger partial charge in [0.1, 0.15) is 0 Å². The van der Waals surface area contributed by atoms with E-state index in [0.29, 0.717) is 24.1 Å². The van der Waals surface area contributed by atoms with Crippen molar-refractivity contribution in [2.24, 2.45) is 0 Å². The molecule has 9 nitrogen and oxygen atoms in total. The molecule has 1 saturated heterocycles. The molecule has 2 N–H and O–H groups in total. The minimum absolute atomic E-state index is 0.0912. The fraction of sp³-hybridized carbons (Fsp3) is 0.400. The van der Waals surface area contributed by atoms with Gasteiger partial charge in [-0.05, 0) is 49.6 Å². The monoisotopic (exact) mass is 533 g/mol. The van der Waals surface area contributed by atoms with Crippen molar-refractivity contribution in [3.63, 3.8) is 0 Å². The Balaban J connectivity index is 1.48. The number of carbonyl (C=O) groups is 3. The molecular weight excluding hydrogens is 502 g/mol. The number of thiol groups is 1. The standard InChI is InChI=1S/C25H31N3O6S2/c1-2-34-25(31)19-8-10-20(11-9-19)27-24(30)16-26-15-23(29)22-14-21(35)17-28(22)36(32,33)13-12-18-6-4-3-5-7-18/h3-11,21-22,26,35H,2,12-17H2,1H3,(H,27,30). The third kappa shape index (κ3) is 7.89. The van der Waals surface area contributed by atoms with E-state index >= 15 is 0 Å². The maximum atomic E-state index is 13.0. The number of rotatable bonds is 12. The molecule has 1 fully saturated rings. The van der Waals surface area contributed by atoms with Crippen molar-refractivity contribution in [2.45, 2.75) is 31.1 Å². The lowest BCUT2D eigenvalue weighted by atomic mass is 10.1. The highest BCUT2D eigenvalue weighted by atomic mass is 32.2. The zero-order valence-corrected chi connectivity index (χ0v) is 21.8. The van der Waals surface area contributed by atoms with Gasteiger partial charge in [-0.3, -0.25) is 9.59 Å². The van der Waals surface area contributed by atoms with E-state index in [2.05, 4.69) is 23.3 Å². The van der Waals surface area contributed by atoms with E-state index in [1.165, 1.54) is 4.31 Å². The number of hydrogen-bond acceptors (Lipinski definition) is 8. The number of aryl methyl sites for hydroxylation is 1. The maximum absolute atomic E-state index is 13.0. The summed E-state index contributed by atoms with van der Waals surface area (Å²) in [4.78, 5) is 36.8. The van der Waals surface area contributed by atoms with Gasteiger partial charge >= 0.3 is 5.97 Å². The molecule has 1 aliphatic rings. The van der Waals surface area contributed by atoms with Crippen LogP contribution in [0.1, 0.15) is 29.3 Å². The molecule has 0 radical (unpaired) electrons. The summed E-state index contributed by atoms with van der Waals surface area (Å²) in [6.07, 6.45) is 0.685. The predicted octanol–water partition coefficient (Wildman–Crippen LogP) is 1.91. The first-order valence-electron chi connectivity index (χ1n) is 11.7. The van der Waals surface area contributed by atoms with Crippen molar-refractivity contribution in [3.05, 3.63) is 65.7 Å². The third-order valence-corrected chi connectivity index (χ3v) is 7.93. The molecule has 2 aromatic carbocycles. The SMILES string of the molecule is CCOC(=O)c1ccc(NC(=O)CNCC(=O)C2CC(S)CN2S(=O)(=O)CCc2ccccc2)cc1. The van der Waals surface area contributed by atoms with Gasteiger partial charge in [-0.15, -0.1) is 0 Å². The molecule has 0 bridgehead atoms. The number of carbonyl (C=O) groups excluding carboxylic acids is 3. The first kappa shape index (κ1) is 27.9. The Kier molecular flexibility index (Phi) is 10.1. The lowest BCUT2D eigenvalue weighted by Gasteiger charge is -2.23. The largest absolute Gasteiger partial charge is 0.462 e. The first-order valence-corrected chi connectivity index (χ1v) is 13.8. The van der Waals surface area contributed by atoms with Crippen molar-refractivity contribution in [3.8, 4) is 0 Å². The summed E-state index contributed by atoms with van der Waals surface area (Å²) in [5.41, 5.74) is 1.78. The number of Topliss-reactive ketones (excluding diaryl/α,β-unsaturated/α-hetero) is 1. The number of nitrogens with zero attached hydrogens (tertiary/aromatic N) is 1. The van der Waals surface area contributed by atoms with Crippen LogP contribution in [-0.2, 0) is 30.8 Å². The topological polar surface area (TPSA) is 122 Å². The first-order chi connectivity index (χ1) is 17.2. The minimum atomic E-state index is -3.66. The molecule has 2 aromatic rings. The van der Waals surface area contributed by atoms with Gasteiger partial charge in [0.25, 0.3) is 0 Å². The molecular formula is C25H31N3O6S2. The molecule has 0 aromatic heterocycles. The summed E-state index contributed by atoms with van der Waals surface area (Å²) in [5, 5.41) is 5.23. The quantitative estimate of drug-likeness (QED) is 0.281. The molecule has 1 aliphatic heterocycles. The molecule has 36 heavy (non-hydrogen) atoms. The van der Waals surface area contributed by atoms with Crippen LogP contribution in [0.5, 0.6) is 0 Å². The fourth-order valence-corrected chi connectivity index (χ4v) is 6.13. The van der Waals surface area contributed by atoms with Crippen LogP contribution < -0.4 is 10.6 Å². The molecule has 1 heterocycles. The third-order valence-electron chi connectivity index (χ3n) is 5.72. The molecule has 1 amide bonds. The van der Waals surface area contributed by atoms with Crippen molar-refractivity contribution in [1.29, 1.82) is 0 Å². The Labute approximate surface area is 217 Å². The van der Waals surface area contributed by atoms with E-state index in [1.54, 1.807) is 31.2 Å². The zero-order valence-electron chi connectivity index (χ0n) is 20.1. The lowest BCUT2D eigenvalue weighted by Crippen LogP contribution is -2.45. The van der Waals surface area contributed by atoms with Gasteiger partial charge < -0.3 is 15.4 Å². The van der Waals surface area contributed by atoms with Crippen LogP contribution in [0.3, 0.4) is 0 Å². The van der Waals surface area contributed by atoms with Gasteiger partial charge in [-0.2, -0.15) is 16.9 Å². The van der Waals surface area contributed by atoms with Crippen LogP contribution in [-0.4, -0.2) is 73.7 Å². The van der Waals surface area contributed by atoms with Crippen LogP contribution in [0.25, 0.3) is 0 Å². The number of hydrogen-bond donors (Lipinski definition) is 3. The molecule has 194 valence electrons. The van der Waals surface area contributed by atoms with Gasteiger partial charge in [0.05, 0.1) is 37.1 Å². The number of ether oxygens (including phenoxy) is 1. The van der Waals surface area contributed by atoms with E-state index in [9.17, 15) is 22.8 Å². The number of ketones is 1. The Morgan fingerprint density at radius 2 is 1.75 bits per heavy atom. The lowest BCUT2D eigenvalue weighted by molar-refractivity contribution is -0.121. The summed E-state index contributed by atoms with van der Waals surface area (Å²) in [7, 11) is -3.66. The van der Waals surface area contributed by atoms with Crippen molar-refractivity contribution >= 4 is 46.0 Å². The maximum Gasteiger partial charge on any atom is 0.338 e. The van der Waals surface area contributed by atoms with Crippen molar-refractivity contribution in [1.82, 2.24) is 9.62 Å². The van der Waals surface area contributed by atoms with Crippen LogP contribution >= 0.6 is 12.6 Å². The highest BCUT2D eigenvalue weighted by molar-refractivity contribution is 7.89. The highest BCUT2D eigenvalue weighted by Crippen LogP contribution is 2.26. The number of sulfonamides is 1. The van der Waals surface area contributed by atoms with E-state index in [-0.39, 0.29) is 48.9 Å². The summed E-state index contributed by atoms with van der Waals surface area (Å²) >= 11 is 4.41. The normalized spacial score (nSPS) is 18.1. The van der Waals surface area contributed by atoms with E-state index in [1.807, 2.05) is 30.3 Å². The number of esters is 1. The van der Waals surface area contributed by atoms with E-state index in [4.69, 9.17) is 4.74 Å². The van der Waals surface area contributed by atoms with Crippen LogP contribution in [0.4, 0.5) is 5.69 Å². The second-order valence-corrected chi connectivity index (χ2v) is 11.2. The Hall–Kier alpha value is -2.73. The van der Waals surface area contributed by atoms with E-state index < -0.39 is 22.0 Å². The summed E-state index contributed by atoms with van der Waals surface area (Å²) < 4.78 is 32.1. The van der Waals surface area contributed by atoms with Crippen molar-refractivity contribution < 1.29 is 27.5 Å². The summed E-state index contributed by atoms with van der Waals surface area (Å²) in [6, 6.07) is 14.8.